The highest BCUT2D eigenvalue weighted by Crippen LogP contribution is 2.47. The van der Waals surface area contributed by atoms with E-state index in [0.29, 0.717) is 30.1 Å². The number of aromatic nitrogens is 1. The van der Waals surface area contributed by atoms with E-state index in [1.54, 1.807) is 18.5 Å². The molecule has 3 aromatic rings. The molecule has 9 nitrogen and oxygen atoms in total. The number of urea groups is 1. The third-order valence-electron chi connectivity index (χ3n) is 6.41. The number of pyridine rings is 1. The molecule has 0 aliphatic carbocycles. The number of nitrogens with zero attached hydrogens (tertiary/aromatic N) is 1. The molecule has 0 spiro atoms. The number of ether oxygens (including phenoxy) is 2. The molecule has 36 heavy (non-hydrogen) atoms. The molecule has 186 valence electrons. The molecule has 1 aromatic heterocycles. The number of carbonyl (C=O) groups excluding carboxylic acids is 2. The van der Waals surface area contributed by atoms with Crippen molar-refractivity contribution in [2.24, 2.45) is 0 Å². The third kappa shape index (κ3) is 5.48. The van der Waals surface area contributed by atoms with Gasteiger partial charge >= 0.3 is 6.03 Å². The Morgan fingerprint density at radius 3 is 2.64 bits per heavy atom. The van der Waals surface area contributed by atoms with Gasteiger partial charge in [0, 0.05) is 41.8 Å². The lowest BCUT2D eigenvalue weighted by molar-refractivity contribution is -0.142. The van der Waals surface area contributed by atoms with E-state index in [-0.39, 0.29) is 43.1 Å². The van der Waals surface area contributed by atoms with E-state index >= 15 is 0 Å². The van der Waals surface area contributed by atoms with Crippen LogP contribution in [0, 0.1) is 0 Å². The second-order valence-corrected chi connectivity index (χ2v) is 8.94. The Kier molecular flexibility index (Phi) is 7.11. The van der Waals surface area contributed by atoms with Crippen LogP contribution in [-0.4, -0.2) is 46.9 Å². The van der Waals surface area contributed by atoms with Crippen molar-refractivity contribution in [3.63, 3.8) is 0 Å². The van der Waals surface area contributed by atoms with E-state index in [2.05, 4.69) is 20.9 Å². The molecule has 0 unspecified atom stereocenters. The number of benzene rings is 2. The summed E-state index contributed by atoms with van der Waals surface area (Å²) in [7, 11) is 0. The molecular weight excluding hydrogens is 460 g/mol. The summed E-state index contributed by atoms with van der Waals surface area (Å²) in [6.45, 7) is 0.175. The van der Waals surface area contributed by atoms with Crippen molar-refractivity contribution in [3.05, 3.63) is 84.2 Å². The SMILES string of the molecule is O=C(C[C@@H]1C[C@@H]2c3cc(NC(=O)Nc4ccccc4)ccc3O[C@@H]2[C@@H](CO)O1)NCc1cccnc1. The first-order chi connectivity index (χ1) is 17.6. The van der Waals surface area contributed by atoms with Crippen molar-refractivity contribution in [2.75, 3.05) is 17.2 Å². The lowest BCUT2D eigenvalue weighted by Gasteiger charge is -2.37. The van der Waals surface area contributed by atoms with Gasteiger partial charge in [0.05, 0.1) is 19.1 Å². The van der Waals surface area contributed by atoms with Gasteiger partial charge in [-0.15, -0.1) is 0 Å². The van der Waals surface area contributed by atoms with Crippen molar-refractivity contribution in [3.8, 4) is 5.75 Å². The van der Waals surface area contributed by atoms with E-state index in [1.165, 1.54) is 0 Å². The van der Waals surface area contributed by atoms with E-state index in [9.17, 15) is 14.7 Å². The summed E-state index contributed by atoms with van der Waals surface area (Å²) in [5, 5.41) is 18.5. The summed E-state index contributed by atoms with van der Waals surface area (Å²) >= 11 is 0. The summed E-state index contributed by atoms with van der Waals surface area (Å²) in [6, 6.07) is 18.1. The van der Waals surface area contributed by atoms with Crippen LogP contribution in [-0.2, 0) is 16.1 Å². The Morgan fingerprint density at radius 2 is 1.86 bits per heavy atom. The molecule has 3 heterocycles. The van der Waals surface area contributed by atoms with Gasteiger partial charge in [0.2, 0.25) is 5.91 Å². The minimum absolute atomic E-state index is 0.0686. The Hall–Kier alpha value is -3.95. The van der Waals surface area contributed by atoms with Crippen LogP contribution in [0.25, 0.3) is 0 Å². The fourth-order valence-electron chi connectivity index (χ4n) is 4.76. The minimum atomic E-state index is -0.551. The van der Waals surface area contributed by atoms with Gasteiger partial charge in [-0.25, -0.2) is 4.79 Å². The minimum Gasteiger partial charge on any atom is -0.487 e. The van der Waals surface area contributed by atoms with Crippen molar-refractivity contribution < 1.29 is 24.2 Å². The molecule has 5 rings (SSSR count). The average molecular weight is 489 g/mol. The zero-order valence-electron chi connectivity index (χ0n) is 19.6. The van der Waals surface area contributed by atoms with Gasteiger partial charge in [0.15, 0.2) is 0 Å². The maximum Gasteiger partial charge on any atom is 0.323 e. The van der Waals surface area contributed by atoms with Crippen molar-refractivity contribution in [1.29, 1.82) is 0 Å². The predicted octanol–water partition coefficient (Wildman–Crippen LogP) is 3.43. The van der Waals surface area contributed by atoms with Crippen LogP contribution < -0.4 is 20.7 Å². The van der Waals surface area contributed by atoms with Crippen molar-refractivity contribution in [2.45, 2.75) is 43.6 Å². The second-order valence-electron chi connectivity index (χ2n) is 8.94. The van der Waals surface area contributed by atoms with Crippen LogP contribution in [0.1, 0.15) is 29.9 Å². The fraction of sp³-hybridized carbons (Fsp3) is 0.296. The second kappa shape index (κ2) is 10.8. The number of nitrogens with one attached hydrogen (secondary N) is 3. The number of hydrogen-bond acceptors (Lipinski definition) is 6. The maximum atomic E-state index is 12.6. The van der Waals surface area contributed by atoms with E-state index in [0.717, 1.165) is 11.1 Å². The number of aliphatic hydroxyl groups excluding tert-OH is 1. The highest BCUT2D eigenvalue weighted by molar-refractivity contribution is 5.99. The van der Waals surface area contributed by atoms with Crippen LogP contribution in [0.15, 0.2) is 73.1 Å². The monoisotopic (exact) mass is 488 g/mol. The highest BCUT2D eigenvalue weighted by Gasteiger charge is 2.46. The molecule has 0 radical (unpaired) electrons. The zero-order chi connectivity index (χ0) is 24.9. The van der Waals surface area contributed by atoms with E-state index in [1.807, 2.05) is 54.6 Å². The van der Waals surface area contributed by atoms with Crippen LogP contribution in [0.2, 0.25) is 0 Å². The summed E-state index contributed by atoms with van der Waals surface area (Å²) in [5.41, 5.74) is 3.17. The van der Waals surface area contributed by atoms with Gasteiger partial charge in [-0.2, -0.15) is 0 Å². The van der Waals surface area contributed by atoms with E-state index in [4.69, 9.17) is 9.47 Å². The number of hydrogen-bond donors (Lipinski definition) is 4. The Bertz CT molecular complexity index is 1210. The first kappa shape index (κ1) is 23.8. The van der Waals surface area contributed by atoms with Crippen LogP contribution >= 0.6 is 0 Å². The molecule has 1 fully saturated rings. The lowest BCUT2D eigenvalue weighted by Crippen LogP contribution is -2.47. The molecule has 4 atom stereocenters. The molecule has 2 aromatic carbocycles. The summed E-state index contributed by atoms with van der Waals surface area (Å²) in [4.78, 5) is 29.1. The average Bonchev–Trinajstić information content (AvgIpc) is 3.26. The van der Waals surface area contributed by atoms with Gasteiger partial charge in [-0.05, 0) is 48.4 Å². The Labute approximate surface area is 208 Å². The van der Waals surface area contributed by atoms with Crippen molar-refractivity contribution in [1.82, 2.24) is 10.3 Å². The molecular formula is C27H28N4O5. The van der Waals surface area contributed by atoms with Gasteiger partial charge in [-0.1, -0.05) is 24.3 Å². The fourth-order valence-corrected chi connectivity index (χ4v) is 4.76. The molecule has 9 heteroatoms. The molecule has 2 aliphatic heterocycles. The standard InChI is InChI=1S/C27H28N4O5/c32-16-24-26-22(12-20(35-24)13-25(33)29-15-17-5-4-10-28-14-17)21-11-19(8-9-23(21)36-26)31-27(34)30-18-6-2-1-3-7-18/h1-11,14,20,22,24,26,32H,12-13,15-16H2,(H,29,33)(H2,30,31,34)/t20-,22+,24+,26-/m0/s1. The summed E-state index contributed by atoms with van der Waals surface area (Å²) in [5.74, 6) is 0.495. The highest BCUT2D eigenvalue weighted by atomic mass is 16.6. The number of aliphatic hydroxyl groups is 1. The molecule has 4 N–H and O–H groups in total. The molecule has 3 amide bonds. The normalized spacial score (nSPS) is 22.0. The number of rotatable bonds is 7. The number of anilines is 2. The number of para-hydroxylation sites is 1. The van der Waals surface area contributed by atoms with Gasteiger partial charge in [0.25, 0.3) is 0 Å². The molecule has 0 bridgehead atoms. The molecule has 2 aliphatic rings. The molecule has 1 saturated heterocycles. The number of fused-ring (bicyclic) bond motifs is 3. The van der Waals surface area contributed by atoms with Crippen molar-refractivity contribution >= 4 is 23.3 Å². The Balaban J connectivity index is 1.24. The first-order valence-corrected chi connectivity index (χ1v) is 11.9. The van der Waals surface area contributed by atoms with Gasteiger partial charge in [0.1, 0.15) is 18.0 Å². The Morgan fingerprint density at radius 1 is 1.03 bits per heavy atom. The maximum absolute atomic E-state index is 12.6. The largest absolute Gasteiger partial charge is 0.487 e. The van der Waals surface area contributed by atoms with Gasteiger partial charge < -0.3 is 30.5 Å². The lowest BCUT2D eigenvalue weighted by atomic mass is 9.84. The topological polar surface area (TPSA) is 122 Å². The number of carbonyl (C=O) groups is 2. The number of amides is 3. The smallest absolute Gasteiger partial charge is 0.323 e. The quantitative estimate of drug-likeness (QED) is 0.404. The first-order valence-electron chi connectivity index (χ1n) is 11.9. The van der Waals surface area contributed by atoms with E-state index < -0.39 is 6.10 Å². The summed E-state index contributed by atoms with van der Waals surface area (Å²) in [6.07, 6.45) is 2.86. The van der Waals surface area contributed by atoms with Gasteiger partial charge in [-0.3, -0.25) is 9.78 Å². The third-order valence-corrected chi connectivity index (χ3v) is 6.41. The molecule has 0 saturated carbocycles. The predicted molar refractivity (Wildman–Crippen MR) is 134 cm³/mol. The van der Waals surface area contributed by atoms with Crippen LogP contribution in [0.4, 0.5) is 16.2 Å². The zero-order valence-corrected chi connectivity index (χ0v) is 19.6. The summed E-state index contributed by atoms with van der Waals surface area (Å²) < 4.78 is 12.1. The van der Waals surface area contributed by atoms with Crippen LogP contribution in [0.5, 0.6) is 5.75 Å². The van der Waals surface area contributed by atoms with Crippen LogP contribution in [0.3, 0.4) is 0 Å².